The molecule has 17 heavy (non-hydrogen) atoms. The normalized spacial score (nSPS) is 10.0. The van der Waals surface area contributed by atoms with Gasteiger partial charge in [0.2, 0.25) is 0 Å². The molecule has 0 bridgehead atoms. The van der Waals surface area contributed by atoms with E-state index in [4.69, 9.17) is 0 Å². The number of nitrogens with zero attached hydrogens (tertiary/aromatic N) is 1. The fraction of sp³-hybridized carbons (Fsp3) is 0.500. The van der Waals surface area contributed by atoms with Crippen LogP contribution in [-0.2, 0) is 0 Å². The molecule has 1 heterocycles. The molecule has 0 atom stereocenters. The maximum absolute atomic E-state index is 11.8. The first-order chi connectivity index (χ1) is 8.27. The van der Waals surface area contributed by atoms with Crippen molar-refractivity contribution < 1.29 is 4.79 Å². The smallest absolute Gasteiger partial charge is 0.251 e. The number of nitrogens with one attached hydrogen (secondary N) is 2. The molecule has 1 amide bonds. The Bertz CT molecular complexity index is 357. The summed E-state index contributed by atoms with van der Waals surface area (Å²) in [6.45, 7) is 3.52. The Morgan fingerprint density at radius 2 is 2.35 bits per heavy atom. The number of rotatable bonds is 7. The summed E-state index contributed by atoms with van der Waals surface area (Å²) in [7, 11) is 0. The van der Waals surface area contributed by atoms with Crippen molar-refractivity contribution in [3.05, 3.63) is 23.9 Å². The van der Waals surface area contributed by atoms with Crippen LogP contribution in [0.1, 0.15) is 23.7 Å². The van der Waals surface area contributed by atoms with E-state index in [2.05, 4.69) is 21.9 Å². The molecule has 0 aromatic carbocycles. The number of hydrogen-bond donors (Lipinski definition) is 2. The van der Waals surface area contributed by atoms with Crippen LogP contribution in [0.2, 0.25) is 0 Å². The molecule has 5 heteroatoms. The minimum absolute atomic E-state index is 0.0346. The minimum atomic E-state index is -0.0346. The first-order valence-corrected chi connectivity index (χ1v) is 7.14. The third-order valence-electron chi connectivity index (χ3n) is 2.19. The van der Waals surface area contributed by atoms with Gasteiger partial charge in [-0.1, -0.05) is 0 Å². The molecule has 2 N–H and O–H groups in total. The Morgan fingerprint density at radius 3 is 3.06 bits per heavy atom. The van der Waals surface area contributed by atoms with Gasteiger partial charge in [0.1, 0.15) is 5.82 Å². The Labute approximate surface area is 107 Å². The van der Waals surface area contributed by atoms with E-state index in [-0.39, 0.29) is 5.91 Å². The van der Waals surface area contributed by atoms with Gasteiger partial charge in [-0.2, -0.15) is 11.8 Å². The molecule has 0 unspecified atom stereocenters. The topological polar surface area (TPSA) is 54.0 Å². The average Bonchev–Trinajstić information content (AvgIpc) is 2.35. The molecule has 4 nitrogen and oxygen atoms in total. The summed E-state index contributed by atoms with van der Waals surface area (Å²) in [6, 6.07) is 3.50. The van der Waals surface area contributed by atoms with Crippen LogP contribution in [0.5, 0.6) is 0 Å². The minimum Gasteiger partial charge on any atom is -0.370 e. The Hall–Kier alpha value is -1.23. The second-order valence-electron chi connectivity index (χ2n) is 3.56. The van der Waals surface area contributed by atoms with Crippen molar-refractivity contribution in [3.8, 4) is 0 Å². The van der Waals surface area contributed by atoms with E-state index in [0.717, 1.165) is 31.1 Å². The third-order valence-corrected chi connectivity index (χ3v) is 2.89. The van der Waals surface area contributed by atoms with E-state index in [1.165, 1.54) is 0 Å². The van der Waals surface area contributed by atoms with Crippen LogP contribution >= 0.6 is 11.8 Å². The standard InChI is InChI=1S/C12H19N3OS/c1-3-13-11-9-10(5-7-14-11)12(16)15-6-4-8-17-2/h5,7,9H,3-4,6,8H2,1-2H3,(H,13,14)(H,15,16). The van der Waals surface area contributed by atoms with Gasteiger partial charge in [-0.15, -0.1) is 0 Å². The van der Waals surface area contributed by atoms with E-state index in [9.17, 15) is 4.79 Å². The summed E-state index contributed by atoms with van der Waals surface area (Å²) in [4.78, 5) is 15.9. The molecule has 1 rings (SSSR count). The van der Waals surface area contributed by atoms with Crippen LogP contribution in [0.15, 0.2) is 18.3 Å². The fourth-order valence-corrected chi connectivity index (χ4v) is 1.80. The highest BCUT2D eigenvalue weighted by atomic mass is 32.2. The van der Waals surface area contributed by atoms with Crippen molar-refractivity contribution in [2.45, 2.75) is 13.3 Å². The number of aromatic nitrogens is 1. The number of anilines is 1. The molecule has 94 valence electrons. The van der Waals surface area contributed by atoms with Crippen LogP contribution in [0.3, 0.4) is 0 Å². The molecule has 0 saturated heterocycles. The van der Waals surface area contributed by atoms with Gasteiger partial charge < -0.3 is 10.6 Å². The number of amides is 1. The van der Waals surface area contributed by atoms with Crippen LogP contribution in [0.4, 0.5) is 5.82 Å². The van der Waals surface area contributed by atoms with E-state index in [1.807, 2.05) is 6.92 Å². The lowest BCUT2D eigenvalue weighted by atomic mass is 10.2. The molecule has 0 fully saturated rings. The van der Waals surface area contributed by atoms with Crippen molar-refractivity contribution >= 4 is 23.5 Å². The molecule has 1 aromatic heterocycles. The predicted octanol–water partition coefficient (Wildman–Crippen LogP) is 2.00. The Morgan fingerprint density at radius 1 is 1.53 bits per heavy atom. The van der Waals surface area contributed by atoms with Crippen LogP contribution in [-0.4, -0.2) is 36.0 Å². The monoisotopic (exact) mass is 253 g/mol. The highest BCUT2D eigenvalue weighted by molar-refractivity contribution is 7.98. The van der Waals surface area contributed by atoms with Crippen molar-refractivity contribution in [2.75, 3.05) is 30.4 Å². The van der Waals surface area contributed by atoms with Crippen LogP contribution in [0, 0.1) is 0 Å². The summed E-state index contributed by atoms with van der Waals surface area (Å²) in [5.74, 6) is 1.77. The maximum Gasteiger partial charge on any atom is 0.251 e. The van der Waals surface area contributed by atoms with Gasteiger partial charge in [0, 0.05) is 24.8 Å². The number of thioether (sulfide) groups is 1. The molecule has 1 aromatic rings. The molecule has 0 saturated carbocycles. The fourth-order valence-electron chi connectivity index (χ4n) is 1.37. The molecule has 0 radical (unpaired) electrons. The zero-order chi connectivity index (χ0) is 12.5. The highest BCUT2D eigenvalue weighted by Gasteiger charge is 2.05. The first kappa shape index (κ1) is 13.8. The Balaban J connectivity index is 2.47. The van der Waals surface area contributed by atoms with Crippen molar-refractivity contribution in [2.24, 2.45) is 0 Å². The zero-order valence-corrected chi connectivity index (χ0v) is 11.1. The lowest BCUT2D eigenvalue weighted by Gasteiger charge is -2.06. The molecular weight excluding hydrogens is 234 g/mol. The number of carbonyl (C=O) groups excluding carboxylic acids is 1. The number of pyridine rings is 1. The second-order valence-corrected chi connectivity index (χ2v) is 4.55. The summed E-state index contributed by atoms with van der Waals surface area (Å²) >= 11 is 1.79. The predicted molar refractivity (Wildman–Crippen MR) is 73.7 cm³/mol. The highest BCUT2D eigenvalue weighted by Crippen LogP contribution is 2.06. The second kappa shape index (κ2) is 7.95. The summed E-state index contributed by atoms with van der Waals surface area (Å²) in [5.41, 5.74) is 0.653. The van der Waals surface area contributed by atoms with Gasteiger partial charge >= 0.3 is 0 Å². The summed E-state index contributed by atoms with van der Waals surface area (Å²) in [5, 5.41) is 5.98. The van der Waals surface area contributed by atoms with E-state index in [0.29, 0.717) is 5.56 Å². The largest absolute Gasteiger partial charge is 0.370 e. The van der Waals surface area contributed by atoms with Crippen LogP contribution in [0.25, 0.3) is 0 Å². The van der Waals surface area contributed by atoms with Gasteiger partial charge in [0.25, 0.3) is 5.91 Å². The maximum atomic E-state index is 11.8. The first-order valence-electron chi connectivity index (χ1n) is 5.75. The lowest BCUT2D eigenvalue weighted by Crippen LogP contribution is -2.24. The SMILES string of the molecule is CCNc1cc(C(=O)NCCCSC)ccn1. The quantitative estimate of drug-likeness (QED) is 0.730. The molecular formula is C12H19N3OS. The van der Waals surface area contributed by atoms with E-state index in [1.54, 1.807) is 30.1 Å². The lowest BCUT2D eigenvalue weighted by molar-refractivity contribution is 0.0953. The van der Waals surface area contributed by atoms with Gasteiger partial charge in [0.15, 0.2) is 0 Å². The van der Waals surface area contributed by atoms with E-state index < -0.39 is 0 Å². The van der Waals surface area contributed by atoms with Gasteiger partial charge in [-0.05, 0) is 37.5 Å². The number of carbonyl (C=O) groups is 1. The van der Waals surface area contributed by atoms with Gasteiger partial charge in [-0.3, -0.25) is 4.79 Å². The molecule has 0 aliphatic carbocycles. The van der Waals surface area contributed by atoms with Crippen LogP contribution < -0.4 is 10.6 Å². The van der Waals surface area contributed by atoms with Crippen molar-refractivity contribution in [1.29, 1.82) is 0 Å². The summed E-state index contributed by atoms with van der Waals surface area (Å²) < 4.78 is 0. The van der Waals surface area contributed by atoms with Crippen molar-refractivity contribution in [3.63, 3.8) is 0 Å². The van der Waals surface area contributed by atoms with E-state index >= 15 is 0 Å². The molecule has 0 aliphatic rings. The van der Waals surface area contributed by atoms with Crippen molar-refractivity contribution in [1.82, 2.24) is 10.3 Å². The molecule has 0 spiro atoms. The summed E-state index contributed by atoms with van der Waals surface area (Å²) in [6.07, 6.45) is 4.71. The number of hydrogen-bond acceptors (Lipinski definition) is 4. The third kappa shape index (κ3) is 5.08. The van der Waals surface area contributed by atoms with Gasteiger partial charge in [0.05, 0.1) is 0 Å². The average molecular weight is 253 g/mol. The molecule has 0 aliphatic heterocycles. The van der Waals surface area contributed by atoms with Gasteiger partial charge in [-0.25, -0.2) is 4.98 Å². The Kier molecular flexibility index (Phi) is 6.47. The zero-order valence-electron chi connectivity index (χ0n) is 10.3.